The number of H-pyrrole nitrogens is 1. The summed E-state index contributed by atoms with van der Waals surface area (Å²) >= 11 is 5.17. The van der Waals surface area contributed by atoms with Crippen molar-refractivity contribution >= 4 is 23.8 Å². The Bertz CT molecular complexity index is 1260. The number of benzene rings is 1. The van der Waals surface area contributed by atoms with Gasteiger partial charge in [0, 0.05) is 24.5 Å². The zero-order valence-corrected chi connectivity index (χ0v) is 17.6. The maximum atomic E-state index is 12.5. The van der Waals surface area contributed by atoms with Crippen molar-refractivity contribution in [2.75, 3.05) is 0 Å². The number of nitrogens with zero attached hydrogens (tertiary/aromatic N) is 4. The number of ether oxygens (including phenoxy) is 1. The number of imidazole rings is 1. The van der Waals surface area contributed by atoms with Gasteiger partial charge in [0.05, 0.1) is 12.2 Å². The normalized spacial score (nSPS) is 11.0. The molecule has 0 bridgehead atoms. The maximum Gasteiger partial charge on any atom is 0.251 e. The van der Waals surface area contributed by atoms with E-state index < -0.39 is 0 Å². The van der Waals surface area contributed by atoms with Crippen molar-refractivity contribution < 1.29 is 9.53 Å². The number of hydrogen-bond acceptors (Lipinski definition) is 5. The van der Waals surface area contributed by atoms with Gasteiger partial charge in [0.15, 0.2) is 10.6 Å². The second-order valence-electron chi connectivity index (χ2n) is 6.89. The minimum atomic E-state index is -0.208. The molecule has 0 unspecified atom stereocenters. The minimum Gasteiger partial charge on any atom is -0.487 e. The minimum absolute atomic E-state index is 0.208. The highest BCUT2D eigenvalue weighted by Crippen LogP contribution is 2.16. The van der Waals surface area contributed by atoms with Crippen LogP contribution in [0, 0.1) is 11.7 Å². The molecule has 0 fully saturated rings. The lowest BCUT2D eigenvalue weighted by Gasteiger charge is -2.08. The number of carbonyl (C=O) groups is 1. The first-order chi connectivity index (χ1) is 14.5. The standard InChI is InChI=1S/C21H22N6O2S/c1-3-27-19(24-25-21(27)30)10-22-20(28)15-5-4-6-17(9-15)29-13-16-12-26-11-14(2)7-8-18(26)23-16/h4-9,11-12H,3,10,13H2,1-2H3,(H,22,28)(H,25,30). The fourth-order valence-corrected chi connectivity index (χ4v) is 3.46. The third-order valence-electron chi connectivity index (χ3n) is 4.69. The number of aromatic nitrogens is 5. The summed E-state index contributed by atoms with van der Waals surface area (Å²) in [6.07, 6.45) is 3.96. The van der Waals surface area contributed by atoms with E-state index in [1.165, 1.54) is 0 Å². The van der Waals surface area contributed by atoms with E-state index in [1.54, 1.807) is 18.2 Å². The van der Waals surface area contributed by atoms with Gasteiger partial charge in [-0.1, -0.05) is 12.1 Å². The molecule has 4 aromatic rings. The lowest BCUT2D eigenvalue weighted by atomic mass is 10.2. The number of hydrogen-bond donors (Lipinski definition) is 2. The Morgan fingerprint density at radius 1 is 1.27 bits per heavy atom. The summed E-state index contributed by atoms with van der Waals surface area (Å²) in [5.74, 6) is 1.08. The Kier molecular flexibility index (Phi) is 5.62. The van der Waals surface area contributed by atoms with Crippen molar-refractivity contribution in [2.24, 2.45) is 0 Å². The van der Waals surface area contributed by atoms with Crippen LogP contribution in [0.1, 0.15) is 34.4 Å². The fraction of sp³-hybridized carbons (Fsp3) is 0.238. The van der Waals surface area contributed by atoms with Crippen LogP contribution in [0.2, 0.25) is 0 Å². The third-order valence-corrected chi connectivity index (χ3v) is 5.00. The number of aromatic amines is 1. The monoisotopic (exact) mass is 422 g/mol. The molecule has 1 aromatic carbocycles. The van der Waals surface area contributed by atoms with Gasteiger partial charge in [0.1, 0.15) is 18.0 Å². The molecular weight excluding hydrogens is 400 g/mol. The van der Waals surface area contributed by atoms with Crippen molar-refractivity contribution in [1.29, 1.82) is 0 Å². The Hall–Kier alpha value is -3.46. The van der Waals surface area contributed by atoms with Crippen LogP contribution >= 0.6 is 12.2 Å². The average molecular weight is 423 g/mol. The molecule has 9 heteroatoms. The van der Waals surface area contributed by atoms with Gasteiger partial charge in [-0.3, -0.25) is 9.89 Å². The molecule has 3 heterocycles. The highest BCUT2D eigenvalue weighted by atomic mass is 32.1. The van der Waals surface area contributed by atoms with E-state index in [2.05, 4.69) is 20.5 Å². The predicted octanol–water partition coefficient (Wildman–Crippen LogP) is 3.43. The van der Waals surface area contributed by atoms with Gasteiger partial charge in [-0.25, -0.2) is 4.98 Å². The number of carbonyl (C=O) groups excluding carboxylic acids is 1. The largest absolute Gasteiger partial charge is 0.487 e. The molecule has 30 heavy (non-hydrogen) atoms. The summed E-state index contributed by atoms with van der Waals surface area (Å²) < 4.78 is 10.2. The molecule has 8 nitrogen and oxygen atoms in total. The molecule has 0 saturated heterocycles. The molecule has 0 saturated carbocycles. The van der Waals surface area contributed by atoms with E-state index in [-0.39, 0.29) is 12.5 Å². The van der Waals surface area contributed by atoms with Gasteiger partial charge < -0.3 is 19.0 Å². The number of pyridine rings is 1. The molecule has 0 spiro atoms. The van der Waals surface area contributed by atoms with Crippen LogP contribution in [0.4, 0.5) is 0 Å². The zero-order valence-electron chi connectivity index (χ0n) is 16.8. The second kappa shape index (κ2) is 8.50. The van der Waals surface area contributed by atoms with E-state index >= 15 is 0 Å². The Morgan fingerprint density at radius 3 is 2.97 bits per heavy atom. The maximum absolute atomic E-state index is 12.5. The number of aryl methyl sites for hydroxylation is 1. The topological polar surface area (TPSA) is 89.2 Å². The first kappa shape index (κ1) is 19.8. The van der Waals surface area contributed by atoms with Crippen LogP contribution in [0.15, 0.2) is 48.8 Å². The Morgan fingerprint density at radius 2 is 2.13 bits per heavy atom. The van der Waals surface area contributed by atoms with Crippen LogP contribution in [-0.4, -0.2) is 30.1 Å². The lowest BCUT2D eigenvalue weighted by Crippen LogP contribution is -2.24. The van der Waals surface area contributed by atoms with Gasteiger partial charge >= 0.3 is 0 Å². The quantitative estimate of drug-likeness (QED) is 0.446. The van der Waals surface area contributed by atoms with Crippen LogP contribution < -0.4 is 10.1 Å². The second-order valence-corrected chi connectivity index (χ2v) is 7.28. The van der Waals surface area contributed by atoms with E-state index in [9.17, 15) is 4.79 Å². The molecule has 0 aliphatic heterocycles. The SMILES string of the molecule is CCn1c(CNC(=O)c2cccc(OCc3cn4cc(C)ccc4n3)c2)n[nH]c1=S. The Labute approximate surface area is 178 Å². The molecule has 0 radical (unpaired) electrons. The van der Waals surface area contributed by atoms with Gasteiger partial charge in [-0.05, 0) is 55.9 Å². The molecule has 0 aliphatic rings. The number of amides is 1. The molecule has 0 atom stereocenters. The van der Waals surface area contributed by atoms with E-state index in [0.717, 1.165) is 16.9 Å². The van der Waals surface area contributed by atoms with Crippen molar-refractivity contribution in [3.05, 3.63) is 76.2 Å². The molecule has 4 rings (SSSR count). The summed E-state index contributed by atoms with van der Waals surface area (Å²) in [5.41, 5.74) is 3.36. The summed E-state index contributed by atoms with van der Waals surface area (Å²) in [4.78, 5) is 17.1. The number of fused-ring (bicyclic) bond motifs is 1. The van der Waals surface area contributed by atoms with Gasteiger partial charge in [0.25, 0.3) is 5.91 Å². The first-order valence-electron chi connectivity index (χ1n) is 9.63. The van der Waals surface area contributed by atoms with Crippen molar-refractivity contribution in [3.63, 3.8) is 0 Å². The van der Waals surface area contributed by atoms with Gasteiger partial charge in [0.2, 0.25) is 0 Å². The van der Waals surface area contributed by atoms with E-state index in [1.807, 2.05) is 53.4 Å². The summed E-state index contributed by atoms with van der Waals surface area (Å²) in [6.45, 7) is 5.30. The highest BCUT2D eigenvalue weighted by Gasteiger charge is 2.10. The Balaban J connectivity index is 1.40. The van der Waals surface area contributed by atoms with E-state index in [0.29, 0.717) is 35.1 Å². The number of rotatable bonds is 7. The molecule has 1 amide bonds. The molecule has 154 valence electrons. The molecular formula is C21H22N6O2S. The average Bonchev–Trinajstić information content (AvgIpc) is 3.32. The highest BCUT2D eigenvalue weighted by molar-refractivity contribution is 7.71. The molecule has 3 aromatic heterocycles. The van der Waals surface area contributed by atoms with Gasteiger partial charge in [-0.15, -0.1) is 0 Å². The molecule has 0 aliphatic carbocycles. The summed E-state index contributed by atoms with van der Waals surface area (Å²) in [7, 11) is 0. The smallest absolute Gasteiger partial charge is 0.251 e. The van der Waals surface area contributed by atoms with Crippen LogP contribution in [0.3, 0.4) is 0 Å². The van der Waals surface area contributed by atoms with Crippen molar-refractivity contribution in [3.8, 4) is 5.75 Å². The summed E-state index contributed by atoms with van der Waals surface area (Å²) in [6, 6.07) is 11.1. The predicted molar refractivity (Wildman–Crippen MR) is 115 cm³/mol. The lowest BCUT2D eigenvalue weighted by molar-refractivity contribution is 0.0949. The molecule has 2 N–H and O–H groups in total. The van der Waals surface area contributed by atoms with Crippen LogP contribution in [0.25, 0.3) is 5.65 Å². The van der Waals surface area contributed by atoms with Crippen molar-refractivity contribution in [1.82, 2.24) is 29.5 Å². The summed E-state index contributed by atoms with van der Waals surface area (Å²) in [5, 5.41) is 9.76. The first-order valence-corrected chi connectivity index (χ1v) is 10.0. The zero-order chi connectivity index (χ0) is 21.1. The van der Waals surface area contributed by atoms with Crippen LogP contribution in [-0.2, 0) is 19.7 Å². The fourth-order valence-electron chi connectivity index (χ4n) is 3.18. The van der Waals surface area contributed by atoms with E-state index in [4.69, 9.17) is 17.0 Å². The van der Waals surface area contributed by atoms with Gasteiger partial charge in [-0.2, -0.15) is 5.10 Å². The third kappa shape index (κ3) is 4.25. The van der Waals surface area contributed by atoms with Crippen molar-refractivity contribution in [2.45, 2.75) is 33.5 Å². The van der Waals surface area contributed by atoms with Crippen LogP contribution in [0.5, 0.6) is 5.75 Å². The number of nitrogens with one attached hydrogen (secondary N) is 2.